The van der Waals surface area contributed by atoms with Gasteiger partial charge in [-0.2, -0.15) is 18.2 Å². The number of rotatable bonds is 2. The molecule has 1 aliphatic heterocycles. The molecule has 0 bridgehead atoms. The fourth-order valence-electron chi connectivity index (χ4n) is 2.31. The number of benzene rings is 1. The lowest BCUT2D eigenvalue weighted by Gasteiger charge is -2.09. The minimum Gasteiger partial charge on any atom is -0.334 e. The van der Waals surface area contributed by atoms with Crippen LogP contribution in [0.25, 0.3) is 11.5 Å². The molecule has 1 aromatic heterocycles. The zero-order valence-corrected chi connectivity index (χ0v) is 10.4. The fraction of sp³-hybridized carbons (Fsp3) is 0.385. The van der Waals surface area contributed by atoms with Crippen molar-refractivity contribution in [3.05, 3.63) is 35.7 Å². The Morgan fingerprint density at radius 3 is 2.75 bits per heavy atom. The minimum absolute atomic E-state index is 0.0365. The lowest BCUT2D eigenvalue weighted by Crippen LogP contribution is -2.14. The van der Waals surface area contributed by atoms with Gasteiger partial charge in [0.05, 0.1) is 17.2 Å². The van der Waals surface area contributed by atoms with E-state index in [-0.39, 0.29) is 17.5 Å². The maximum atomic E-state index is 12.9. The van der Waals surface area contributed by atoms with Crippen LogP contribution in [0.4, 0.5) is 13.2 Å². The van der Waals surface area contributed by atoms with Gasteiger partial charge in [-0.05, 0) is 31.5 Å². The zero-order chi connectivity index (χ0) is 14.2. The monoisotopic (exact) mass is 283 g/mol. The molecule has 1 fully saturated rings. The molecular weight excluding hydrogens is 271 g/mol. The van der Waals surface area contributed by atoms with Gasteiger partial charge in [-0.15, -0.1) is 0 Å². The van der Waals surface area contributed by atoms with Crippen molar-refractivity contribution in [1.82, 2.24) is 15.5 Å². The third-order valence-corrected chi connectivity index (χ3v) is 3.28. The predicted octanol–water partition coefficient (Wildman–Crippen LogP) is 3.18. The molecule has 7 heteroatoms. The first-order valence-corrected chi connectivity index (χ1v) is 6.29. The lowest BCUT2D eigenvalue weighted by atomic mass is 10.1. The van der Waals surface area contributed by atoms with Gasteiger partial charge in [-0.3, -0.25) is 0 Å². The second-order valence-corrected chi connectivity index (χ2v) is 4.65. The molecule has 20 heavy (non-hydrogen) atoms. The summed E-state index contributed by atoms with van der Waals surface area (Å²) < 4.78 is 43.8. The molecule has 1 aliphatic rings. The fourth-order valence-corrected chi connectivity index (χ4v) is 2.31. The average Bonchev–Trinajstić information content (AvgIpc) is 3.09. The van der Waals surface area contributed by atoms with Crippen molar-refractivity contribution in [2.24, 2.45) is 0 Å². The molecule has 0 spiro atoms. The first kappa shape index (κ1) is 13.1. The van der Waals surface area contributed by atoms with Crippen LogP contribution in [0.3, 0.4) is 0 Å². The lowest BCUT2D eigenvalue weighted by molar-refractivity contribution is -0.137. The Labute approximate surface area is 113 Å². The Kier molecular flexibility index (Phi) is 3.21. The molecule has 0 aliphatic carbocycles. The molecule has 4 nitrogen and oxygen atoms in total. The largest absolute Gasteiger partial charge is 0.417 e. The second kappa shape index (κ2) is 4.90. The Hall–Kier alpha value is -1.89. The first-order valence-electron chi connectivity index (χ1n) is 6.29. The number of aromatic nitrogens is 2. The molecule has 1 aromatic carbocycles. The number of nitrogens with one attached hydrogen (secondary N) is 1. The number of halogens is 3. The van der Waals surface area contributed by atoms with E-state index in [9.17, 15) is 13.2 Å². The first-order chi connectivity index (χ1) is 9.55. The molecule has 0 amide bonds. The number of hydrogen-bond acceptors (Lipinski definition) is 4. The van der Waals surface area contributed by atoms with E-state index in [2.05, 4.69) is 15.5 Å². The van der Waals surface area contributed by atoms with Gasteiger partial charge in [0.25, 0.3) is 5.89 Å². The van der Waals surface area contributed by atoms with Gasteiger partial charge in [0, 0.05) is 0 Å². The van der Waals surface area contributed by atoms with Gasteiger partial charge in [-0.25, -0.2) is 0 Å². The van der Waals surface area contributed by atoms with Crippen LogP contribution < -0.4 is 5.32 Å². The third-order valence-electron chi connectivity index (χ3n) is 3.28. The summed E-state index contributed by atoms with van der Waals surface area (Å²) in [4.78, 5) is 4.10. The van der Waals surface area contributed by atoms with Gasteiger partial charge < -0.3 is 9.84 Å². The molecular formula is C13H12F3N3O. The summed E-state index contributed by atoms with van der Waals surface area (Å²) in [7, 11) is 0. The Morgan fingerprint density at radius 1 is 1.25 bits per heavy atom. The summed E-state index contributed by atoms with van der Waals surface area (Å²) in [5.74, 6) is 0.316. The Balaban J connectivity index is 1.97. The quantitative estimate of drug-likeness (QED) is 0.919. The van der Waals surface area contributed by atoms with Crippen LogP contribution in [-0.2, 0) is 6.18 Å². The molecule has 0 saturated carbocycles. The van der Waals surface area contributed by atoms with Crippen LogP contribution in [0.1, 0.15) is 30.3 Å². The van der Waals surface area contributed by atoms with Gasteiger partial charge in [0.15, 0.2) is 5.82 Å². The van der Waals surface area contributed by atoms with E-state index in [4.69, 9.17) is 4.52 Å². The van der Waals surface area contributed by atoms with Crippen molar-refractivity contribution in [2.45, 2.75) is 25.1 Å². The summed E-state index contributed by atoms with van der Waals surface area (Å²) in [6.07, 6.45) is -2.59. The summed E-state index contributed by atoms with van der Waals surface area (Å²) in [6.45, 7) is 0.855. The summed E-state index contributed by atoms with van der Waals surface area (Å²) in [5.41, 5.74) is -0.855. The van der Waals surface area contributed by atoms with E-state index in [1.54, 1.807) is 0 Å². The van der Waals surface area contributed by atoms with Crippen LogP contribution in [0.5, 0.6) is 0 Å². The standard InChI is InChI=1S/C13H12F3N3O/c14-13(15,16)9-5-2-1-4-8(9)12-18-11(19-20-12)10-6-3-7-17-10/h1-2,4-5,10,17H,3,6-7H2. The van der Waals surface area contributed by atoms with Gasteiger partial charge in [-0.1, -0.05) is 17.3 Å². The zero-order valence-electron chi connectivity index (χ0n) is 10.4. The Bertz CT molecular complexity index is 603. The second-order valence-electron chi connectivity index (χ2n) is 4.65. The summed E-state index contributed by atoms with van der Waals surface area (Å²) >= 11 is 0. The van der Waals surface area contributed by atoms with Crippen molar-refractivity contribution in [1.29, 1.82) is 0 Å². The van der Waals surface area contributed by atoms with E-state index in [0.29, 0.717) is 5.82 Å². The van der Waals surface area contributed by atoms with E-state index in [0.717, 1.165) is 25.5 Å². The smallest absolute Gasteiger partial charge is 0.334 e. The van der Waals surface area contributed by atoms with Crippen molar-refractivity contribution in [2.75, 3.05) is 6.54 Å². The highest BCUT2D eigenvalue weighted by Crippen LogP contribution is 2.36. The minimum atomic E-state index is -4.45. The van der Waals surface area contributed by atoms with Crippen LogP contribution in [0.2, 0.25) is 0 Å². The van der Waals surface area contributed by atoms with Gasteiger partial charge in [0.2, 0.25) is 0 Å². The number of alkyl halides is 3. The van der Waals surface area contributed by atoms with E-state index < -0.39 is 11.7 Å². The predicted molar refractivity (Wildman–Crippen MR) is 64.7 cm³/mol. The van der Waals surface area contributed by atoms with Crippen LogP contribution in [0.15, 0.2) is 28.8 Å². The highest BCUT2D eigenvalue weighted by Gasteiger charge is 2.35. The van der Waals surface area contributed by atoms with Crippen LogP contribution >= 0.6 is 0 Å². The maximum Gasteiger partial charge on any atom is 0.417 e. The van der Waals surface area contributed by atoms with Crippen LogP contribution in [0, 0.1) is 0 Å². The van der Waals surface area contributed by atoms with E-state index in [1.807, 2.05) is 0 Å². The molecule has 1 saturated heterocycles. The highest BCUT2D eigenvalue weighted by atomic mass is 19.4. The molecule has 3 rings (SSSR count). The topological polar surface area (TPSA) is 51.0 Å². The molecule has 2 aromatic rings. The van der Waals surface area contributed by atoms with Crippen molar-refractivity contribution >= 4 is 0 Å². The number of nitrogens with zero attached hydrogens (tertiary/aromatic N) is 2. The van der Waals surface area contributed by atoms with Crippen molar-refractivity contribution in [3.63, 3.8) is 0 Å². The molecule has 1 atom stereocenters. The van der Waals surface area contributed by atoms with Gasteiger partial charge in [0.1, 0.15) is 0 Å². The number of hydrogen-bond donors (Lipinski definition) is 1. The highest BCUT2D eigenvalue weighted by molar-refractivity contribution is 5.59. The molecule has 1 unspecified atom stereocenters. The van der Waals surface area contributed by atoms with Crippen molar-refractivity contribution < 1.29 is 17.7 Å². The summed E-state index contributed by atoms with van der Waals surface area (Å²) in [5, 5.41) is 6.96. The molecule has 106 valence electrons. The normalized spacial score (nSPS) is 19.4. The Morgan fingerprint density at radius 2 is 2.05 bits per heavy atom. The molecule has 2 heterocycles. The van der Waals surface area contributed by atoms with Crippen molar-refractivity contribution in [3.8, 4) is 11.5 Å². The SMILES string of the molecule is FC(F)(F)c1ccccc1-c1nc(C2CCCN2)no1. The van der Waals surface area contributed by atoms with Gasteiger partial charge >= 0.3 is 6.18 Å². The van der Waals surface area contributed by atoms with E-state index in [1.165, 1.54) is 18.2 Å². The molecule has 1 N–H and O–H groups in total. The average molecular weight is 283 g/mol. The van der Waals surface area contributed by atoms with E-state index >= 15 is 0 Å². The summed E-state index contributed by atoms with van der Waals surface area (Å²) in [6, 6.07) is 5.16. The van der Waals surface area contributed by atoms with Crippen LogP contribution in [-0.4, -0.2) is 16.7 Å². The maximum absolute atomic E-state index is 12.9. The third kappa shape index (κ3) is 2.40. The molecule has 0 radical (unpaired) electrons.